The Balaban J connectivity index is 1.88. The van der Waals surface area contributed by atoms with Crippen molar-refractivity contribution < 1.29 is 0 Å². The van der Waals surface area contributed by atoms with E-state index in [2.05, 4.69) is 40.1 Å². The molecular weight excluding hydrogens is 208 g/mol. The maximum absolute atomic E-state index is 4.02. The number of nitrogens with one attached hydrogen (secondary N) is 1. The molecule has 0 amide bonds. The minimum atomic E-state index is 0.368. The first kappa shape index (κ1) is 10.3. The molecule has 4 nitrogen and oxygen atoms in total. The van der Waals surface area contributed by atoms with Gasteiger partial charge >= 0.3 is 0 Å². The van der Waals surface area contributed by atoms with Gasteiger partial charge in [-0.05, 0) is 18.4 Å². The highest BCUT2D eigenvalue weighted by atomic mass is 32.1. The highest BCUT2D eigenvalue weighted by molar-refractivity contribution is 7.10. The number of thiophene rings is 1. The van der Waals surface area contributed by atoms with Crippen molar-refractivity contribution in [1.82, 2.24) is 20.3 Å². The predicted octanol–water partition coefficient (Wildman–Crippen LogP) is 1.73. The van der Waals surface area contributed by atoms with Gasteiger partial charge in [-0.2, -0.15) is 0 Å². The van der Waals surface area contributed by atoms with Gasteiger partial charge in [0.25, 0.3) is 0 Å². The van der Waals surface area contributed by atoms with E-state index >= 15 is 0 Å². The number of aromatic nitrogens is 3. The van der Waals surface area contributed by atoms with Crippen LogP contribution in [-0.4, -0.2) is 15.0 Å². The monoisotopic (exact) mass is 222 g/mol. The molecule has 1 N–H and O–H groups in total. The van der Waals surface area contributed by atoms with Crippen LogP contribution in [0.3, 0.4) is 0 Å². The first-order valence-electron chi connectivity index (χ1n) is 4.87. The number of hydrogen-bond acceptors (Lipinski definition) is 4. The van der Waals surface area contributed by atoms with E-state index in [9.17, 15) is 0 Å². The van der Waals surface area contributed by atoms with Crippen LogP contribution in [0.25, 0.3) is 0 Å². The average molecular weight is 222 g/mol. The largest absolute Gasteiger partial charge is 0.304 e. The third-order valence-corrected chi connectivity index (χ3v) is 3.26. The summed E-state index contributed by atoms with van der Waals surface area (Å²) in [4.78, 5) is 1.35. The molecular formula is C10H14N4S. The van der Waals surface area contributed by atoms with Crippen LogP contribution in [0, 0.1) is 0 Å². The fraction of sp³-hybridized carbons (Fsp3) is 0.400. The Morgan fingerprint density at radius 1 is 1.60 bits per heavy atom. The zero-order valence-corrected chi connectivity index (χ0v) is 9.66. The standard InChI is InChI=1S/C10H14N4S/c1-8(10-4-3-5-15-10)11-6-9-7-14(2)13-12-9/h3-5,7-8,11H,6H2,1-2H3/t8-/m1/s1. The Morgan fingerprint density at radius 2 is 2.47 bits per heavy atom. The molecule has 2 aromatic heterocycles. The Morgan fingerprint density at radius 3 is 3.07 bits per heavy atom. The first-order valence-corrected chi connectivity index (χ1v) is 5.75. The van der Waals surface area contributed by atoms with E-state index < -0.39 is 0 Å². The molecule has 0 aromatic carbocycles. The van der Waals surface area contributed by atoms with Crippen molar-refractivity contribution in [2.45, 2.75) is 19.5 Å². The molecule has 2 aromatic rings. The van der Waals surface area contributed by atoms with Gasteiger partial charge in [0.05, 0.1) is 5.69 Å². The summed E-state index contributed by atoms with van der Waals surface area (Å²) in [5, 5.41) is 13.4. The van der Waals surface area contributed by atoms with Crippen LogP contribution in [0.15, 0.2) is 23.7 Å². The second kappa shape index (κ2) is 4.55. The summed E-state index contributed by atoms with van der Waals surface area (Å²) in [5.41, 5.74) is 0.973. The molecule has 1 atom stereocenters. The average Bonchev–Trinajstić information content (AvgIpc) is 2.84. The summed E-state index contributed by atoms with van der Waals surface area (Å²) in [6, 6.07) is 4.58. The van der Waals surface area contributed by atoms with Crippen molar-refractivity contribution in [2.75, 3.05) is 0 Å². The van der Waals surface area contributed by atoms with E-state index in [-0.39, 0.29) is 0 Å². The van der Waals surface area contributed by atoms with Crippen LogP contribution in [-0.2, 0) is 13.6 Å². The lowest BCUT2D eigenvalue weighted by molar-refractivity contribution is 0.574. The SMILES string of the molecule is C[C@@H](NCc1cn(C)nn1)c1cccs1. The van der Waals surface area contributed by atoms with Crippen LogP contribution < -0.4 is 5.32 Å². The smallest absolute Gasteiger partial charge is 0.0964 e. The van der Waals surface area contributed by atoms with Gasteiger partial charge in [0.15, 0.2) is 0 Å². The van der Waals surface area contributed by atoms with Gasteiger partial charge in [0.2, 0.25) is 0 Å². The number of hydrogen-bond donors (Lipinski definition) is 1. The van der Waals surface area contributed by atoms with Crippen LogP contribution in [0.4, 0.5) is 0 Å². The lowest BCUT2D eigenvalue weighted by atomic mass is 10.2. The molecule has 0 aliphatic rings. The van der Waals surface area contributed by atoms with Crippen LogP contribution >= 0.6 is 11.3 Å². The van der Waals surface area contributed by atoms with E-state index in [1.807, 2.05) is 13.2 Å². The van der Waals surface area contributed by atoms with Gasteiger partial charge in [-0.3, -0.25) is 4.68 Å². The van der Waals surface area contributed by atoms with Crippen molar-refractivity contribution in [1.29, 1.82) is 0 Å². The molecule has 0 bridgehead atoms. The maximum atomic E-state index is 4.02. The Kier molecular flexibility index (Phi) is 3.13. The van der Waals surface area contributed by atoms with Crippen molar-refractivity contribution in [2.24, 2.45) is 7.05 Å². The zero-order chi connectivity index (χ0) is 10.7. The molecule has 0 fully saturated rings. The summed E-state index contributed by atoms with van der Waals surface area (Å²) >= 11 is 1.77. The van der Waals surface area contributed by atoms with Crippen LogP contribution in [0.2, 0.25) is 0 Å². The molecule has 0 radical (unpaired) electrons. The Hall–Kier alpha value is -1.20. The third-order valence-electron chi connectivity index (χ3n) is 2.21. The van der Waals surface area contributed by atoms with Gasteiger partial charge < -0.3 is 5.32 Å². The Labute approximate surface area is 92.9 Å². The summed E-state index contributed by atoms with van der Waals surface area (Å²) in [6.07, 6.45) is 1.92. The fourth-order valence-electron chi connectivity index (χ4n) is 1.37. The minimum Gasteiger partial charge on any atom is -0.304 e. The summed E-state index contributed by atoms with van der Waals surface area (Å²) in [5.74, 6) is 0. The highest BCUT2D eigenvalue weighted by Gasteiger charge is 2.06. The molecule has 0 unspecified atom stereocenters. The lowest BCUT2D eigenvalue weighted by Gasteiger charge is -2.09. The molecule has 0 saturated carbocycles. The number of aryl methyl sites for hydroxylation is 1. The van der Waals surface area contributed by atoms with Crippen LogP contribution in [0.1, 0.15) is 23.5 Å². The number of nitrogens with zero attached hydrogens (tertiary/aromatic N) is 3. The van der Waals surface area contributed by atoms with Crippen molar-refractivity contribution in [3.05, 3.63) is 34.3 Å². The van der Waals surface area contributed by atoms with E-state index in [1.165, 1.54) is 4.88 Å². The third kappa shape index (κ3) is 2.64. The highest BCUT2D eigenvalue weighted by Crippen LogP contribution is 2.18. The maximum Gasteiger partial charge on any atom is 0.0964 e. The van der Waals surface area contributed by atoms with Crippen LogP contribution in [0.5, 0.6) is 0 Å². The van der Waals surface area contributed by atoms with E-state index in [0.29, 0.717) is 6.04 Å². The molecule has 80 valence electrons. The summed E-state index contributed by atoms with van der Waals surface area (Å²) in [6.45, 7) is 2.91. The van der Waals surface area contributed by atoms with Gasteiger partial charge in [0.1, 0.15) is 0 Å². The van der Waals surface area contributed by atoms with Gasteiger partial charge in [-0.1, -0.05) is 11.3 Å². The zero-order valence-electron chi connectivity index (χ0n) is 8.84. The van der Waals surface area contributed by atoms with E-state index in [0.717, 1.165) is 12.2 Å². The molecule has 0 aliphatic carbocycles. The lowest BCUT2D eigenvalue weighted by Crippen LogP contribution is -2.17. The summed E-state index contributed by atoms with van der Waals surface area (Å²) < 4.78 is 1.72. The van der Waals surface area contributed by atoms with Crippen molar-refractivity contribution >= 4 is 11.3 Å². The van der Waals surface area contributed by atoms with Crippen molar-refractivity contribution in [3.63, 3.8) is 0 Å². The molecule has 0 spiro atoms. The predicted molar refractivity (Wildman–Crippen MR) is 60.6 cm³/mol. The molecule has 0 aliphatic heterocycles. The van der Waals surface area contributed by atoms with Crippen molar-refractivity contribution in [3.8, 4) is 0 Å². The quantitative estimate of drug-likeness (QED) is 0.856. The molecule has 5 heteroatoms. The topological polar surface area (TPSA) is 42.7 Å². The first-order chi connectivity index (χ1) is 7.25. The molecule has 15 heavy (non-hydrogen) atoms. The fourth-order valence-corrected chi connectivity index (χ4v) is 2.13. The van der Waals surface area contributed by atoms with E-state index in [4.69, 9.17) is 0 Å². The normalized spacial score (nSPS) is 12.9. The second-order valence-corrected chi connectivity index (χ2v) is 4.48. The van der Waals surface area contributed by atoms with E-state index in [1.54, 1.807) is 16.0 Å². The molecule has 2 heterocycles. The molecule has 0 saturated heterocycles. The second-order valence-electron chi connectivity index (χ2n) is 3.50. The molecule has 2 rings (SSSR count). The van der Waals surface area contributed by atoms with Gasteiger partial charge in [-0.15, -0.1) is 16.4 Å². The summed E-state index contributed by atoms with van der Waals surface area (Å²) in [7, 11) is 1.87. The minimum absolute atomic E-state index is 0.368. The van der Waals surface area contributed by atoms with Gasteiger partial charge in [-0.25, -0.2) is 0 Å². The van der Waals surface area contributed by atoms with Gasteiger partial charge in [0, 0.05) is 30.7 Å². The number of rotatable bonds is 4. The Bertz CT molecular complexity index is 407.